The largest absolute Gasteiger partial charge is 0.481 e. The van der Waals surface area contributed by atoms with E-state index in [9.17, 15) is 14.0 Å². The van der Waals surface area contributed by atoms with Gasteiger partial charge in [0.15, 0.2) is 5.84 Å². The number of amides is 1. The molecule has 9 heteroatoms. The number of benzene rings is 2. The van der Waals surface area contributed by atoms with Gasteiger partial charge < -0.3 is 9.84 Å². The number of carboxylic acids is 1. The van der Waals surface area contributed by atoms with E-state index < -0.39 is 29.7 Å². The number of aliphatic imine (C=N–C) groups is 1. The van der Waals surface area contributed by atoms with Crippen LogP contribution in [0.5, 0.6) is 0 Å². The summed E-state index contributed by atoms with van der Waals surface area (Å²) in [5.41, 5.74) is 4.11. The third-order valence-corrected chi connectivity index (χ3v) is 4.27. The zero-order valence-electron chi connectivity index (χ0n) is 17.4. The lowest BCUT2D eigenvalue weighted by Crippen LogP contribution is -2.27. The van der Waals surface area contributed by atoms with Crippen LogP contribution in [0.4, 0.5) is 14.9 Å². The van der Waals surface area contributed by atoms with Crippen LogP contribution in [-0.4, -0.2) is 28.6 Å². The first-order valence-corrected chi connectivity index (χ1v) is 9.71. The Hall–Kier alpha value is -3.46. The van der Waals surface area contributed by atoms with Crippen LogP contribution in [0.25, 0.3) is 0 Å². The normalized spacial score (nSPS) is 15.7. The minimum atomic E-state index is -0.935. The van der Waals surface area contributed by atoms with Crippen molar-refractivity contribution in [2.75, 3.05) is 5.32 Å². The van der Waals surface area contributed by atoms with E-state index in [2.05, 4.69) is 15.8 Å². The molecule has 1 atom stereocenters. The standard InChI is InChI=1S/C22H24FN3O5/c1-22(2,3)30-21(29)24-15-8-6-14(7-9-15)20-25-19(26-31-20)16-10-4-13(12-17(16)23)5-11-18(27)28/h4,6-10,12,20H,5,11H2,1-3H3,(H,24,29)(H,25,26)(H,27,28). The molecule has 1 unspecified atom stereocenters. The summed E-state index contributed by atoms with van der Waals surface area (Å²) in [5.74, 6) is -1.21. The number of nitrogens with one attached hydrogen (secondary N) is 2. The van der Waals surface area contributed by atoms with E-state index in [0.717, 1.165) is 0 Å². The number of anilines is 1. The second-order valence-electron chi connectivity index (χ2n) is 8.01. The van der Waals surface area contributed by atoms with Crippen LogP contribution in [-0.2, 0) is 20.8 Å². The summed E-state index contributed by atoms with van der Waals surface area (Å²) < 4.78 is 19.7. The summed E-state index contributed by atoms with van der Waals surface area (Å²) in [6.45, 7) is 5.34. The second kappa shape index (κ2) is 9.13. The molecule has 2 aromatic rings. The number of carbonyl (C=O) groups excluding carboxylic acids is 1. The first-order chi connectivity index (χ1) is 14.6. The first kappa shape index (κ1) is 22.2. The maximum absolute atomic E-state index is 14.5. The Morgan fingerprint density at radius 2 is 1.94 bits per heavy atom. The van der Waals surface area contributed by atoms with E-state index in [1.807, 2.05) is 0 Å². The quantitative estimate of drug-likeness (QED) is 0.636. The number of aryl methyl sites for hydroxylation is 1. The van der Waals surface area contributed by atoms with Crippen molar-refractivity contribution in [1.29, 1.82) is 0 Å². The monoisotopic (exact) mass is 429 g/mol. The molecule has 0 radical (unpaired) electrons. The predicted molar refractivity (Wildman–Crippen MR) is 112 cm³/mol. The van der Waals surface area contributed by atoms with Gasteiger partial charge in [-0.25, -0.2) is 24.5 Å². The number of rotatable bonds is 6. The molecule has 8 nitrogen and oxygen atoms in total. The highest BCUT2D eigenvalue weighted by Gasteiger charge is 2.23. The van der Waals surface area contributed by atoms with Gasteiger partial charge in [0.05, 0.1) is 5.56 Å². The average Bonchev–Trinajstić information content (AvgIpc) is 3.15. The molecule has 1 heterocycles. The Kier molecular flexibility index (Phi) is 6.55. The Labute approximate surface area is 179 Å². The van der Waals surface area contributed by atoms with Crippen LogP contribution in [0, 0.1) is 5.82 Å². The minimum absolute atomic E-state index is 0.0675. The van der Waals surface area contributed by atoms with Crippen LogP contribution in [0.1, 0.15) is 50.1 Å². The van der Waals surface area contributed by atoms with Crippen molar-refractivity contribution in [3.8, 4) is 0 Å². The topological polar surface area (TPSA) is 109 Å². The Morgan fingerprint density at radius 1 is 1.23 bits per heavy atom. The summed E-state index contributed by atoms with van der Waals surface area (Å²) >= 11 is 0. The fraction of sp³-hybridized carbons (Fsp3) is 0.318. The van der Waals surface area contributed by atoms with Gasteiger partial charge in [0.1, 0.15) is 11.4 Å². The molecule has 3 rings (SSSR count). The van der Waals surface area contributed by atoms with Gasteiger partial charge in [0.2, 0.25) is 6.23 Å². The average molecular weight is 429 g/mol. The third kappa shape index (κ3) is 6.26. The lowest BCUT2D eigenvalue weighted by molar-refractivity contribution is -0.136. The van der Waals surface area contributed by atoms with Crippen molar-refractivity contribution in [1.82, 2.24) is 5.48 Å². The maximum Gasteiger partial charge on any atom is 0.412 e. The number of halogens is 1. The molecule has 164 valence electrons. The second-order valence-corrected chi connectivity index (χ2v) is 8.01. The SMILES string of the molecule is CC(C)(C)OC(=O)Nc1ccc(C2N=C(c3ccc(CCC(=O)O)cc3F)NO2)cc1. The highest BCUT2D eigenvalue weighted by Crippen LogP contribution is 2.26. The molecule has 1 amide bonds. The van der Waals surface area contributed by atoms with Gasteiger partial charge in [-0.15, -0.1) is 0 Å². The molecule has 1 aliphatic rings. The minimum Gasteiger partial charge on any atom is -0.481 e. The molecule has 0 fully saturated rings. The Morgan fingerprint density at radius 3 is 2.55 bits per heavy atom. The Bertz CT molecular complexity index is 999. The van der Waals surface area contributed by atoms with Crippen LogP contribution < -0.4 is 10.8 Å². The van der Waals surface area contributed by atoms with Crippen molar-refractivity contribution < 1.29 is 28.7 Å². The highest BCUT2D eigenvalue weighted by atomic mass is 19.1. The number of hydrogen-bond acceptors (Lipinski definition) is 6. The molecular weight excluding hydrogens is 405 g/mol. The number of carbonyl (C=O) groups is 2. The van der Waals surface area contributed by atoms with E-state index in [-0.39, 0.29) is 24.2 Å². The number of hydrogen-bond donors (Lipinski definition) is 3. The number of ether oxygens (including phenoxy) is 1. The summed E-state index contributed by atoms with van der Waals surface area (Å²) in [7, 11) is 0. The fourth-order valence-corrected chi connectivity index (χ4v) is 2.86. The van der Waals surface area contributed by atoms with Gasteiger partial charge >= 0.3 is 12.1 Å². The molecule has 0 aliphatic carbocycles. The van der Waals surface area contributed by atoms with Crippen LogP contribution in [0.15, 0.2) is 47.5 Å². The molecule has 2 aromatic carbocycles. The lowest BCUT2D eigenvalue weighted by Gasteiger charge is -2.19. The van der Waals surface area contributed by atoms with E-state index in [1.165, 1.54) is 12.1 Å². The lowest BCUT2D eigenvalue weighted by atomic mass is 10.1. The number of carboxylic acid groups (broad SMARTS) is 1. The van der Waals surface area contributed by atoms with Gasteiger partial charge in [-0.2, -0.15) is 0 Å². The first-order valence-electron chi connectivity index (χ1n) is 9.71. The van der Waals surface area contributed by atoms with Crippen LogP contribution >= 0.6 is 0 Å². The molecule has 31 heavy (non-hydrogen) atoms. The van der Waals surface area contributed by atoms with Gasteiger partial charge in [-0.3, -0.25) is 10.1 Å². The molecule has 0 spiro atoms. The Balaban J connectivity index is 1.66. The molecule has 0 saturated carbocycles. The molecule has 0 bridgehead atoms. The molecule has 0 saturated heterocycles. The molecular formula is C22H24FN3O5. The van der Waals surface area contributed by atoms with E-state index in [4.69, 9.17) is 14.7 Å². The van der Waals surface area contributed by atoms with Crippen molar-refractivity contribution in [3.63, 3.8) is 0 Å². The third-order valence-electron chi connectivity index (χ3n) is 4.27. The number of amidine groups is 1. The maximum atomic E-state index is 14.5. The fourth-order valence-electron chi connectivity index (χ4n) is 2.86. The molecule has 0 aromatic heterocycles. The summed E-state index contributed by atoms with van der Waals surface area (Å²) in [5, 5.41) is 11.4. The van der Waals surface area contributed by atoms with Crippen molar-refractivity contribution >= 4 is 23.6 Å². The van der Waals surface area contributed by atoms with Crippen LogP contribution in [0.3, 0.4) is 0 Å². The summed E-state index contributed by atoms with van der Waals surface area (Å²) in [4.78, 5) is 32.3. The van der Waals surface area contributed by atoms with E-state index in [0.29, 0.717) is 16.8 Å². The van der Waals surface area contributed by atoms with Crippen molar-refractivity contribution in [2.24, 2.45) is 4.99 Å². The summed E-state index contributed by atoms with van der Waals surface area (Å²) in [6.07, 6.45) is -1.06. The summed E-state index contributed by atoms with van der Waals surface area (Å²) in [6, 6.07) is 11.3. The van der Waals surface area contributed by atoms with Gasteiger partial charge in [-0.05, 0) is 57.0 Å². The zero-order chi connectivity index (χ0) is 22.6. The van der Waals surface area contributed by atoms with E-state index in [1.54, 1.807) is 51.1 Å². The van der Waals surface area contributed by atoms with Crippen molar-refractivity contribution in [2.45, 2.75) is 45.4 Å². The van der Waals surface area contributed by atoms with Crippen molar-refractivity contribution in [3.05, 3.63) is 65.0 Å². The predicted octanol–water partition coefficient (Wildman–Crippen LogP) is 4.17. The van der Waals surface area contributed by atoms with Gasteiger partial charge in [-0.1, -0.05) is 18.2 Å². The number of nitrogens with zero attached hydrogens (tertiary/aromatic N) is 1. The van der Waals surface area contributed by atoms with Gasteiger partial charge in [0, 0.05) is 17.7 Å². The smallest absolute Gasteiger partial charge is 0.412 e. The van der Waals surface area contributed by atoms with E-state index >= 15 is 0 Å². The highest BCUT2D eigenvalue weighted by molar-refractivity contribution is 5.99. The number of aliphatic carboxylic acids is 1. The number of hydroxylamine groups is 1. The zero-order valence-corrected chi connectivity index (χ0v) is 17.4. The molecule has 1 aliphatic heterocycles. The van der Waals surface area contributed by atoms with Gasteiger partial charge in [0.25, 0.3) is 0 Å². The molecule has 3 N–H and O–H groups in total. The van der Waals surface area contributed by atoms with Crippen LogP contribution in [0.2, 0.25) is 0 Å².